The molecule has 606 valence electrons. The van der Waals surface area contributed by atoms with Crippen molar-refractivity contribution in [3.63, 3.8) is 0 Å². The van der Waals surface area contributed by atoms with Gasteiger partial charge in [0.2, 0.25) is 29.5 Å². The summed E-state index contributed by atoms with van der Waals surface area (Å²) in [5.41, 5.74) is -1.60. The maximum Gasteiger partial charge on any atom is 0.224 e. The summed E-state index contributed by atoms with van der Waals surface area (Å²) >= 11 is 0. The SMILES string of the molecule is CC(=O)N[C@@H]1[C@@H](O)[C@H](O[C@@H]2O[C@H](CO)[C@@H](O[C@@H]3O[C@H](CO[C@H]4O[C@H](CO)[C@@H](O)[C@H](O)[C@@H]4O[C@@H]4O[C@H](CO)[C@@H](O)[C@H](O)[C@H]4NC(C)=O)[C@@H](O)[C@H](O[C@H]4O[C@H](CO)[C@@H](O)[C@H](O)[C@@H]4O[C@@H]4O[C@H](CO)[C@@H](O)[C@H](O)[C@H]4NC(C)=O)[C@@H]3O)[C@H](O)[C@H]2NC(C)=O)[C@@H](CO)O[C@H]1NC(=O)C[C@H](NC(C)(C)C)C(=O)C(C)(C)C. The standard InChI is InChI=1S/C62H106N6O37/c1-19(75)63-32-43(87)48(28(16-73)94-54(32)67-31(79)11-23(68-62(8,9)10)53(92)61(5,6)7)101-57-35(66-22(4)78)44(88)49(29(17-74)99-57)102-58-47(91)50(103-60-52(46(90)39(83)27(15-72)98-60)105-56-34(65-21(3)77)42(86)37(81)25(13-70)96-56)40(84)30(100-58)18-93-59-51(45(89)38(82)26(14-71)97-59)104-55-33(64-20(2)76)41(85)36(80)24(12-69)95-55/h23-30,32-52,54-60,68-74,80-91H,11-18H2,1-10H3,(H,63,75)(H,64,76)(H,65,77)(H,66,78)(H,67,79)/t23-,24+,25+,26+,27+,28+,29+,30+,32+,33+,34+,35+,36+,37+,38+,39+,40+,41+,42+,43+,44+,45-,46-,47-,48+,49+,50-,51-,52-,54+,55-,56-,57-,58-,59-,60+/m0/s1. The van der Waals surface area contributed by atoms with Gasteiger partial charge in [0.1, 0.15) is 171 Å². The van der Waals surface area contributed by atoms with Crippen molar-refractivity contribution in [1.82, 2.24) is 31.9 Å². The number of Topliss-reactive ketones (excluding diaryl/α,β-unsaturated/α-hetero) is 1. The van der Waals surface area contributed by atoms with Crippen LogP contribution in [0.3, 0.4) is 0 Å². The van der Waals surface area contributed by atoms with Crippen molar-refractivity contribution < 1.29 is 182 Å². The van der Waals surface area contributed by atoms with Crippen molar-refractivity contribution >= 4 is 35.3 Å². The molecule has 43 nitrogen and oxygen atoms in total. The normalized spacial score (nSPS) is 43.1. The van der Waals surface area contributed by atoms with Gasteiger partial charge in [0.05, 0.1) is 52.3 Å². The van der Waals surface area contributed by atoms with Crippen LogP contribution in [-0.2, 0) is 90.3 Å². The first-order valence-corrected chi connectivity index (χ1v) is 34.1. The Balaban J connectivity index is 1.23. The molecule has 0 spiro atoms. The van der Waals surface area contributed by atoms with E-state index < -0.39 is 314 Å². The second-order valence-electron chi connectivity index (χ2n) is 28.9. The highest BCUT2D eigenvalue weighted by Gasteiger charge is 2.59. The topological polar surface area (TPSA) is 659 Å². The number of amides is 5. The van der Waals surface area contributed by atoms with Crippen LogP contribution >= 0.6 is 0 Å². The zero-order valence-electron chi connectivity index (χ0n) is 59.2. The number of aliphatic hydroxyl groups is 18. The Morgan fingerprint density at radius 1 is 0.343 bits per heavy atom. The molecule has 7 aliphatic heterocycles. The number of ether oxygens (including phenoxy) is 13. The minimum Gasteiger partial charge on any atom is -0.394 e. The molecule has 0 unspecified atom stereocenters. The van der Waals surface area contributed by atoms with Crippen LogP contribution in [0.4, 0.5) is 0 Å². The maximum absolute atomic E-state index is 13.9. The quantitative estimate of drug-likeness (QED) is 0.0346. The van der Waals surface area contributed by atoms with Crippen molar-refractivity contribution in [2.45, 2.75) is 302 Å². The highest BCUT2D eigenvalue weighted by molar-refractivity contribution is 5.93. The number of carbonyl (C=O) groups excluding carboxylic acids is 6. The number of aliphatic hydroxyl groups excluding tert-OH is 18. The van der Waals surface area contributed by atoms with Gasteiger partial charge < -0.3 is 185 Å². The van der Waals surface area contributed by atoms with E-state index in [1.807, 2.05) is 0 Å². The van der Waals surface area contributed by atoms with Crippen molar-refractivity contribution in [2.75, 3.05) is 46.2 Å². The van der Waals surface area contributed by atoms with Crippen LogP contribution < -0.4 is 31.9 Å². The summed E-state index contributed by atoms with van der Waals surface area (Å²) in [5, 5.41) is 217. The van der Waals surface area contributed by atoms with Crippen molar-refractivity contribution in [3.05, 3.63) is 0 Å². The molecule has 105 heavy (non-hydrogen) atoms. The third kappa shape index (κ3) is 21.3. The number of hydrogen-bond acceptors (Lipinski definition) is 38. The average Bonchev–Trinajstić information content (AvgIpc) is 0.773. The van der Waals surface area contributed by atoms with E-state index in [2.05, 4.69) is 31.9 Å². The first kappa shape index (κ1) is 88.0. The predicted molar refractivity (Wildman–Crippen MR) is 340 cm³/mol. The van der Waals surface area contributed by atoms with Gasteiger partial charge in [0.25, 0.3) is 0 Å². The van der Waals surface area contributed by atoms with Crippen LogP contribution in [0.2, 0.25) is 0 Å². The summed E-state index contributed by atoms with van der Waals surface area (Å²) in [6.07, 6.45) is -63.2. The molecule has 0 aliphatic carbocycles. The smallest absolute Gasteiger partial charge is 0.224 e. The molecule has 7 fully saturated rings. The number of rotatable bonds is 28. The molecule has 5 amide bonds. The number of hydrogen-bond donors (Lipinski definition) is 24. The van der Waals surface area contributed by atoms with Crippen LogP contribution in [0.25, 0.3) is 0 Å². The van der Waals surface area contributed by atoms with E-state index in [1.54, 1.807) is 41.5 Å². The lowest BCUT2D eigenvalue weighted by molar-refractivity contribution is -0.395. The van der Waals surface area contributed by atoms with E-state index in [9.17, 15) is 121 Å². The average molecular weight is 1530 g/mol. The molecule has 0 bridgehead atoms. The highest BCUT2D eigenvalue weighted by Crippen LogP contribution is 2.38. The van der Waals surface area contributed by atoms with Crippen LogP contribution in [0.5, 0.6) is 0 Å². The van der Waals surface area contributed by atoms with Gasteiger partial charge in [-0.2, -0.15) is 0 Å². The molecule has 0 aromatic rings. The van der Waals surface area contributed by atoms with Crippen LogP contribution in [0, 0.1) is 5.41 Å². The van der Waals surface area contributed by atoms with Gasteiger partial charge in [-0.05, 0) is 20.8 Å². The fraction of sp³-hybridized carbons (Fsp3) is 0.903. The van der Waals surface area contributed by atoms with E-state index >= 15 is 0 Å². The summed E-state index contributed by atoms with van der Waals surface area (Å²) in [4.78, 5) is 78.2. The Morgan fingerprint density at radius 3 is 1.10 bits per heavy atom. The minimum atomic E-state index is -2.49. The highest BCUT2D eigenvalue weighted by atomic mass is 16.8. The molecule has 7 heterocycles. The molecule has 7 saturated heterocycles. The molecule has 0 radical (unpaired) electrons. The van der Waals surface area contributed by atoms with Crippen LogP contribution in [0.15, 0.2) is 0 Å². The number of nitrogens with one attached hydrogen (secondary N) is 6. The molecule has 7 rings (SSSR count). The lowest BCUT2D eigenvalue weighted by atomic mass is 9.84. The summed E-state index contributed by atoms with van der Waals surface area (Å²) in [6.45, 7) is 6.95. The number of ketones is 1. The molecular weight excluding hydrogens is 1420 g/mol. The maximum atomic E-state index is 13.9. The Labute approximate surface area is 601 Å². The monoisotopic (exact) mass is 1530 g/mol. The van der Waals surface area contributed by atoms with Crippen molar-refractivity contribution in [3.8, 4) is 0 Å². The van der Waals surface area contributed by atoms with Gasteiger partial charge in [-0.15, -0.1) is 0 Å². The fourth-order valence-electron chi connectivity index (χ4n) is 13.3. The molecular formula is C62H106N6O37. The van der Waals surface area contributed by atoms with Gasteiger partial charge >= 0.3 is 0 Å². The second kappa shape index (κ2) is 37.6. The summed E-state index contributed by atoms with van der Waals surface area (Å²) in [7, 11) is 0. The Bertz CT molecular complexity index is 2840. The lowest BCUT2D eigenvalue weighted by Crippen LogP contribution is -2.71. The lowest BCUT2D eigenvalue weighted by Gasteiger charge is -2.51. The molecule has 0 saturated carbocycles. The molecule has 0 aromatic carbocycles. The summed E-state index contributed by atoms with van der Waals surface area (Å²) in [5.74, 6) is -4.51. The fourth-order valence-corrected chi connectivity index (χ4v) is 13.3. The van der Waals surface area contributed by atoms with Crippen molar-refractivity contribution in [1.29, 1.82) is 0 Å². The van der Waals surface area contributed by atoms with E-state index in [1.165, 1.54) is 0 Å². The minimum absolute atomic E-state index is 0.335. The van der Waals surface area contributed by atoms with E-state index in [-0.39, 0.29) is 5.78 Å². The molecule has 0 aromatic heterocycles. The molecule has 7 aliphatic rings. The predicted octanol–water partition coefficient (Wildman–Crippen LogP) is -13.8. The Morgan fingerprint density at radius 2 is 0.676 bits per heavy atom. The van der Waals surface area contributed by atoms with E-state index in [4.69, 9.17) is 61.6 Å². The zero-order chi connectivity index (χ0) is 78.3. The molecule has 24 N–H and O–H groups in total. The summed E-state index contributed by atoms with van der Waals surface area (Å²) < 4.78 is 78.2. The van der Waals surface area contributed by atoms with E-state index in [0.717, 1.165) is 27.7 Å². The Hall–Kier alpha value is -4.26. The van der Waals surface area contributed by atoms with Gasteiger partial charge in [0, 0.05) is 45.1 Å². The number of carbonyl (C=O) groups is 6. The van der Waals surface area contributed by atoms with E-state index in [0.29, 0.717) is 0 Å². The van der Waals surface area contributed by atoms with Crippen LogP contribution in [0.1, 0.15) is 75.7 Å². The largest absolute Gasteiger partial charge is 0.394 e. The first-order valence-electron chi connectivity index (χ1n) is 34.1. The third-order valence-electron chi connectivity index (χ3n) is 18.5. The van der Waals surface area contributed by atoms with Gasteiger partial charge in [-0.25, -0.2) is 0 Å². The summed E-state index contributed by atoms with van der Waals surface area (Å²) in [6, 6.07) is -8.04. The zero-order valence-corrected chi connectivity index (χ0v) is 59.2. The van der Waals surface area contributed by atoms with Gasteiger partial charge in [-0.3, -0.25) is 28.8 Å². The van der Waals surface area contributed by atoms with Crippen LogP contribution in [-0.4, -0.2) is 400 Å². The second-order valence-corrected chi connectivity index (χ2v) is 28.9. The first-order chi connectivity index (χ1) is 49.1. The molecule has 36 atom stereocenters. The third-order valence-corrected chi connectivity index (χ3v) is 18.5. The Kier molecular flexibility index (Phi) is 31.5. The van der Waals surface area contributed by atoms with Crippen molar-refractivity contribution in [2.24, 2.45) is 5.41 Å². The van der Waals surface area contributed by atoms with Gasteiger partial charge in [0.15, 0.2) is 49.8 Å². The van der Waals surface area contributed by atoms with Gasteiger partial charge in [-0.1, -0.05) is 20.8 Å². The molecule has 43 heteroatoms.